The van der Waals surface area contributed by atoms with Crippen LogP contribution >= 0.6 is 0 Å². The van der Waals surface area contributed by atoms with Crippen molar-refractivity contribution in [3.05, 3.63) is 54.2 Å². The third-order valence-corrected chi connectivity index (χ3v) is 2.91. The second kappa shape index (κ2) is 5.54. The predicted molar refractivity (Wildman–Crippen MR) is 76.4 cm³/mol. The number of hydrogen-bond donors (Lipinski definition) is 1. The van der Waals surface area contributed by atoms with Crippen molar-refractivity contribution in [3.63, 3.8) is 0 Å². The van der Waals surface area contributed by atoms with Crippen molar-refractivity contribution >= 4 is 11.5 Å². The van der Waals surface area contributed by atoms with Crippen LogP contribution in [0.1, 0.15) is 19.4 Å². The van der Waals surface area contributed by atoms with Crippen LogP contribution in [0.2, 0.25) is 0 Å². The Balaban J connectivity index is 2.27. The number of rotatable bonds is 4. The van der Waals surface area contributed by atoms with Gasteiger partial charge in [-0.3, -0.25) is 0 Å². The van der Waals surface area contributed by atoms with Gasteiger partial charge in [0.1, 0.15) is 0 Å². The number of nitrogens with two attached hydrogens (primary N) is 1. The molecule has 0 aliphatic carbocycles. The fraction of sp³-hybridized carbons (Fsp3) is 0.267. The van der Waals surface area contributed by atoms with Crippen molar-refractivity contribution in [1.29, 1.82) is 0 Å². The van der Waals surface area contributed by atoms with E-state index in [1.165, 1.54) is 5.56 Å². The van der Waals surface area contributed by atoms with Gasteiger partial charge in [0.25, 0.3) is 0 Å². The lowest BCUT2D eigenvalue weighted by Gasteiger charge is -2.28. The van der Waals surface area contributed by atoms with Crippen molar-refractivity contribution in [2.45, 2.75) is 26.4 Å². The van der Waals surface area contributed by atoms with Crippen LogP contribution in [0.5, 0.6) is 0 Å². The Hall–Kier alpha value is -2.03. The van der Waals surface area contributed by atoms with Gasteiger partial charge < -0.3 is 10.6 Å². The molecular weight excluding hydrogens is 222 g/mol. The number of hydrogen-bond acceptors (Lipinski definition) is 3. The van der Waals surface area contributed by atoms with Gasteiger partial charge in [0.15, 0.2) is 5.82 Å². The van der Waals surface area contributed by atoms with E-state index in [1.54, 1.807) is 6.20 Å². The molecular formula is C15H19N3. The van der Waals surface area contributed by atoms with E-state index in [2.05, 4.69) is 48.0 Å². The first kappa shape index (κ1) is 12.4. The molecule has 2 N–H and O–H groups in total. The van der Waals surface area contributed by atoms with Crippen molar-refractivity contribution in [2.24, 2.45) is 0 Å². The third kappa shape index (κ3) is 2.80. The van der Waals surface area contributed by atoms with Crippen molar-refractivity contribution in [1.82, 2.24) is 4.98 Å². The summed E-state index contributed by atoms with van der Waals surface area (Å²) < 4.78 is 0. The standard InChI is InChI=1S/C15H19N3/c1-12(2)18(11-13-7-4-3-5-8-13)15-14(16)9-6-10-17-15/h3-10,12H,11,16H2,1-2H3. The minimum atomic E-state index is 0.349. The Morgan fingerprint density at radius 1 is 1.11 bits per heavy atom. The topological polar surface area (TPSA) is 42.2 Å². The van der Waals surface area contributed by atoms with E-state index in [-0.39, 0.29) is 0 Å². The summed E-state index contributed by atoms with van der Waals surface area (Å²) in [6, 6.07) is 14.5. The van der Waals surface area contributed by atoms with Crippen LogP contribution in [0, 0.1) is 0 Å². The molecule has 0 amide bonds. The fourth-order valence-electron chi connectivity index (χ4n) is 1.93. The van der Waals surface area contributed by atoms with Crippen LogP contribution in [0.4, 0.5) is 11.5 Å². The Bertz CT molecular complexity index is 494. The summed E-state index contributed by atoms with van der Waals surface area (Å²) in [6.45, 7) is 5.12. The molecule has 1 aromatic carbocycles. The van der Waals surface area contributed by atoms with Crippen LogP contribution in [-0.2, 0) is 6.54 Å². The van der Waals surface area contributed by atoms with Gasteiger partial charge in [0.2, 0.25) is 0 Å². The number of benzene rings is 1. The molecule has 0 bridgehead atoms. The molecule has 2 aromatic rings. The number of pyridine rings is 1. The number of nitrogen functional groups attached to an aromatic ring is 1. The maximum absolute atomic E-state index is 6.01. The molecule has 0 saturated heterocycles. The van der Waals surface area contributed by atoms with E-state index in [9.17, 15) is 0 Å². The van der Waals surface area contributed by atoms with Gasteiger partial charge >= 0.3 is 0 Å². The van der Waals surface area contributed by atoms with Crippen molar-refractivity contribution in [2.75, 3.05) is 10.6 Å². The van der Waals surface area contributed by atoms with E-state index in [0.717, 1.165) is 18.1 Å². The van der Waals surface area contributed by atoms with E-state index < -0.39 is 0 Å². The highest BCUT2D eigenvalue weighted by Gasteiger charge is 2.14. The molecule has 94 valence electrons. The molecule has 0 unspecified atom stereocenters. The normalized spacial score (nSPS) is 10.6. The molecule has 0 radical (unpaired) electrons. The zero-order valence-electron chi connectivity index (χ0n) is 10.9. The third-order valence-electron chi connectivity index (χ3n) is 2.91. The summed E-state index contributed by atoms with van der Waals surface area (Å²) in [5.74, 6) is 0.858. The minimum absolute atomic E-state index is 0.349. The van der Waals surface area contributed by atoms with Crippen LogP contribution in [0.15, 0.2) is 48.7 Å². The van der Waals surface area contributed by atoms with Gasteiger partial charge in [-0.05, 0) is 31.5 Å². The van der Waals surface area contributed by atoms with Crippen LogP contribution in [-0.4, -0.2) is 11.0 Å². The van der Waals surface area contributed by atoms with Crippen LogP contribution < -0.4 is 10.6 Å². The highest BCUT2D eigenvalue weighted by atomic mass is 15.2. The largest absolute Gasteiger partial charge is 0.396 e. The zero-order chi connectivity index (χ0) is 13.0. The molecule has 0 spiro atoms. The monoisotopic (exact) mass is 241 g/mol. The molecule has 0 aliphatic heterocycles. The quantitative estimate of drug-likeness (QED) is 0.894. The van der Waals surface area contributed by atoms with Gasteiger partial charge in [-0.25, -0.2) is 4.98 Å². The molecule has 1 heterocycles. The van der Waals surface area contributed by atoms with Crippen molar-refractivity contribution in [3.8, 4) is 0 Å². The Labute approximate surface area is 108 Å². The molecule has 1 aromatic heterocycles. The second-order valence-electron chi connectivity index (χ2n) is 4.62. The van der Waals surface area contributed by atoms with E-state index in [0.29, 0.717) is 6.04 Å². The first-order chi connectivity index (χ1) is 8.68. The molecule has 0 aliphatic rings. The second-order valence-corrected chi connectivity index (χ2v) is 4.62. The minimum Gasteiger partial charge on any atom is -0.396 e. The summed E-state index contributed by atoms with van der Waals surface area (Å²) >= 11 is 0. The summed E-state index contributed by atoms with van der Waals surface area (Å²) in [7, 11) is 0. The molecule has 0 atom stereocenters. The van der Waals surface area contributed by atoms with Gasteiger partial charge in [0, 0.05) is 18.8 Å². The Morgan fingerprint density at radius 2 is 1.83 bits per heavy atom. The maximum Gasteiger partial charge on any atom is 0.152 e. The van der Waals surface area contributed by atoms with Crippen LogP contribution in [0.25, 0.3) is 0 Å². The van der Waals surface area contributed by atoms with E-state index >= 15 is 0 Å². The smallest absolute Gasteiger partial charge is 0.152 e. The van der Waals surface area contributed by atoms with Gasteiger partial charge in [-0.2, -0.15) is 0 Å². The lowest BCUT2D eigenvalue weighted by atomic mass is 10.2. The number of anilines is 2. The summed E-state index contributed by atoms with van der Waals surface area (Å²) in [6.07, 6.45) is 1.78. The number of nitrogens with zero attached hydrogens (tertiary/aromatic N) is 2. The number of aromatic nitrogens is 1. The summed E-state index contributed by atoms with van der Waals surface area (Å²) in [5, 5.41) is 0. The Morgan fingerprint density at radius 3 is 2.44 bits per heavy atom. The van der Waals surface area contributed by atoms with Gasteiger partial charge in [-0.15, -0.1) is 0 Å². The molecule has 0 saturated carbocycles. The highest BCUT2D eigenvalue weighted by molar-refractivity contribution is 5.62. The summed E-state index contributed by atoms with van der Waals surface area (Å²) in [4.78, 5) is 6.61. The van der Waals surface area contributed by atoms with E-state index in [1.807, 2.05) is 18.2 Å². The van der Waals surface area contributed by atoms with Gasteiger partial charge in [-0.1, -0.05) is 30.3 Å². The maximum atomic E-state index is 6.01. The zero-order valence-corrected chi connectivity index (χ0v) is 10.9. The summed E-state index contributed by atoms with van der Waals surface area (Å²) in [5.41, 5.74) is 7.99. The molecule has 0 fully saturated rings. The Kier molecular flexibility index (Phi) is 3.82. The van der Waals surface area contributed by atoms with Gasteiger partial charge in [0.05, 0.1) is 5.69 Å². The first-order valence-corrected chi connectivity index (χ1v) is 6.19. The molecule has 2 rings (SSSR count). The predicted octanol–water partition coefficient (Wildman–Crippen LogP) is 3.08. The first-order valence-electron chi connectivity index (χ1n) is 6.19. The average Bonchev–Trinajstić information content (AvgIpc) is 2.38. The van der Waals surface area contributed by atoms with Crippen LogP contribution in [0.3, 0.4) is 0 Å². The SMILES string of the molecule is CC(C)N(Cc1ccccc1)c1ncccc1N. The van der Waals surface area contributed by atoms with E-state index in [4.69, 9.17) is 5.73 Å². The van der Waals surface area contributed by atoms with Crippen molar-refractivity contribution < 1.29 is 0 Å². The lowest BCUT2D eigenvalue weighted by molar-refractivity contribution is 0.674. The fourth-order valence-corrected chi connectivity index (χ4v) is 1.93. The average molecular weight is 241 g/mol. The molecule has 3 heteroatoms. The highest BCUT2D eigenvalue weighted by Crippen LogP contribution is 2.23. The molecule has 18 heavy (non-hydrogen) atoms. The molecule has 3 nitrogen and oxygen atoms in total. The lowest BCUT2D eigenvalue weighted by Crippen LogP contribution is -2.31.